The topological polar surface area (TPSA) is 63.8 Å². The summed E-state index contributed by atoms with van der Waals surface area (Å²) in [6.07, 6.45) is 0. The molecular weight excluding hydrogens is 236 g/mol. The first-order chi connectivity index (χ1) is 8.04. The van der Waals surface area contributed by atoms with Crippen molar-refractivity contribution in [1.82, 2.24) is 9.97 Å². The van der Waals surface area contributed by atoms with Gasteiger partial charge < -0.3 is 11.1 Å². The lowest BCUT2D eigenvalue weighted by Gasteiger charge is -2.07. The van der Waals surface area contributed by atoms with Crippen LogP contribution in [-0.2, 0) is 0 Å². The van der Waals surface area contributed by atoms with Gasteiger partial charge in [0.1, 0.15) is 5.82 Å². The van der Waals surface area contributed by atoms with Crippen LogP contribution in [0.3, 0.4) is 0 Å². The van der Waals surface area contributed by atoms with E-state index in [1.54, 1.807) is 6.07 Å². The van der Waals surface area contributed by atoms with Gasteiger partial charge in [-0.15, -0.1) is 0 Å². The van der Waals surface area contributed by atoms with Crippen LogP contribution in [0.4, 0.5) is 17.5 Å². The first-order valence-electron chi connectivity index (χ1n) is 5.19. The highest BCUT2D eigenvalue weighted by Crippen LogP contribution is 2.22. The van der Waals surface area contributed by atoms with Crippen molar-refractivity contribution in [3.8, 4) is 0 Å². The zero-order chi connectivity index (χ0) is 12.4. The van der Waals surface area contributed by atoms with E-state index in [0.29, 0.717) is 16.8 Å². The van der Waals surface area contributed by atoms with Gasteiger partial charge in [-0.05, 0) is 31.5 Å². The minimum absolute atomic E-state index is 0.443. The number of hydrogen-bond donors (Lipinski definition) is 2. The molecule has 0 atom stereocenters. The summed E-state index contributed by atoms with van der Waals surface area (Å²) in [5.41, 5.74) is 8.34. The molecule has 17 heavy (non-hydrogen) atoms. The molecule has 0 radical (unpaired) electrons. The number of nitrogens with zero attached hydrogens (tertiary/aromatic N) is 2. The first kappa shape index (κ1) is 11.7. The molecule has 2 rings (SSSR count). The maximum absolute atomic E-state index is 6.04. The quantitative estimate of drug-likeness (QED) is 0.857. The van der Waals surface area contributed by atoms with Crippen molar-refractivity contribution in [2.24, 2.45) is 0 Å². The third-order valence-electron chi connectivity index (χ3n) is 2.30. The number of halogens is 1. The SMILES string of the molecule is Cc1cc(N)nc(Nc2ccc(C)c(Cl)c2)n1. The molecule has 1 aromatic carbocycles. The van der Waals surface area contributed by atoms with Gasteiger partial charge in [0.15, 0.2) is 0 Å². The van der Waals surface area contributed by atoms with Gasteiger partial charge in [-0.3, -0.25) is 0 Å². The van der Waals surface area contributed by atoms with E-state index in [1.165, 1.54) is 0 Å². The molecule has 1 aromatic heterocycles. The Morgan fingerprint density at radius 1 is 1.18 bits per heavy atom. The molecule has 0 amide bonds. The summed E-state index contributed by atoms with van der Waals surface area (Å²) in [4.78, 5) is 8.33. The monoisotopic (exact) mass is 248 g/mol. The number of aromatic nitrogens is 2. The minimum atomic E-state index is 0.443. The number of nitrogens with two attached hydrogens (primary N) is 1. The standard InChI is InChI=1S/C12H13ClN4/c1-7-3-4-9(6-10(7)13)16-12-15-8(2)5-11(14)17-12/h3-6H,1-2H3,(H3,14,15,16,17). The van der Waals surface area contributed by atoms with Gasteiger partial charge >= 0.3 is 0 Å². The molecule has 3 N–H and O–H groups in total. The second-order valence-corrected chi connectivity index (χ2v) is 4.25. The van der Waals surface area contributed by atoms with Crippen LogP contribution in [0.25, 0.3) is 0 Å². The van der Waals surface area contributed by atoms with Gasteiger partial charge in [-0.25, -0.2) is 4.98 Å². The molecule has 0 aliphatic carbocycles. The van der Waals surface area contributed by atoms with Crippen LogP contribution in [-0.4, -0.2) is 9.97 Å². The molecule has 0 aliphatic rings. The van der Waals surface area contributed by atoms with E-state index < -0.39 is 0 Å². The second kappa shape index (κ2) is 4.59. The van der Waals surface area contributed by atoms with E-state index in [1.807, 2.05) is 32.0 Å². The highest BCUT2D eigenvalue weighted by Gasteiger charge is 2.02. The molecule has 0 saturated carbocycles. The van der Waals surface area contributed by atoms with Crippen LogP contribution in [0.1, 0.15) is 11.3 Å². The van der Waals surface area contributed by atoms with Crippen molar-refractivity contribution < 1.29 is 0 Å². The third-order valence-corrected chi connectivity index (χ3v) is 2.71. The number of benzene rings is 1. The summed E-state index contributed by atoms with van der Waals surface area (Å²) in [5.74, 6) is 0.917. The molecule has 0 spiro atoms. The Bertz CT molecular complexity index is 534. The fourth-order valence-electron chi connectivity index (χ4n) is 1.45. The van der Waals surface area contributed by atoms with Crippen LogP contribution in [0.15, 0.2) is 24.3 Å². The minimum Gasteiger partial charge on any atom is -0.384 e. The summed E-state index contributed by atoms with van der Waals surface area (Å²) in [6, 6.07) is 7.40. The zero-order valence-electron chi connectivity index (χ0n) is 9.66. The van der Waals surface area contributed by atoms with E-state index in [9.17, 15) is 0 Å². The largest absolute Gasteiger partial charge is 0.384 e. The van der Waals surface area contributed by atoms with Gasteiger partial charge in [-0.1, -0.05) is 17.7 Å². The van der Waals surface area contributed by atoms with E-state index in [-0.39, 0.29) is 0 Å². The highest BCUT2D eigenvalue weighted by molar-refractivity contribution is 6.31. The van der Waals surface area contributed by atoms with Crippen LogP contribution >= 0.6 is 11.6 Å². The number of nitrogen functional groups attached to an aromatic ring is 1. The normalized spacial score (nSPS) is 10.3. The van der Waals surface area contributed by atoms with Crippen molar-refractivity contribution >= 4 is 29.1 Å². The van der Waals surface area contributed by atoms with E-state index in [4.69, 9.17) is 17.3 Å². The summed E-state index contributed by atoms with van der Waals surface area (Å²) in [7, 11) is 0. The predicted molar refractivity (Wildman–Crippen MR) is 70.7 cm³/mol. The molecule has 0 bridgehead atoms. The Balaban J connectivity index is 2.28. The summed E-state index contributed by atoms with van der Waals surface area (Å²) in [5, 5.41) is 3.77. The smallest absolute Gasteiger partial charge is 0.229 e. The lowest BCUT2D eigenvalue weighted by atomic mass is 10.2. The maximum atomic E-state index is 6.04. The Labute approximate surface area is 105 Å². The molecule has 1 heterocycles. The van der Waals surface area contributed by atoms with Gasteiger partial charge in [0.05, 0.1) is 0 Å². The molecular formula is C12H13ClN4. The summed E-state index contributed by atoms with van der Waals surface area (Å²) >= 11 is 6.04. The fraction of sp³-hybridized carbons (Fsp3) is 0.167. The average Bonchev–Trinajstić information content (AvgIpc) is 2.22. The van der Waals surface area contributed by atoms with E-state index in [2.05, 4.69) is 15.3 Å². The maximum Gasteiger partial charge on any atom is 0.229 e. The highest BCUT2D eigenvalue weighted by atomic mass is 35.5. The average molecular weight is 249 g/mol. The Kier molecular flexibility index (Phi) is 3.15. The van der Waals surface area contributed by atoms with Gasteiger partial charge in [0, 0.05) is 22.5 Å². The first-order valence-corrected chi connectivity index (χ1v) is 5.57. The Morgan fingerprint density at radius 3 is 2.59 bits per heavy atom. The molecule has 2 aromatic rings. The summed E-state index contributed by atoms with van der Waals surface area (Å²) < 4.78 is 0. The van der Waals surface area contributed by atoms with Gasteiger partial charge in [0.25, 0.3) is 0 Å². The number of hydrogen-bond acceptors (Lipinski definition) is 4. The molecule has 5 heteroatoms. The summed E-state index contributed by atoms with van der Waals surface area (Å²) in [6.45, 7) is 3.82. The van der Waals surface area contributed by atoms with Gasteiger partial charge in [0.2, 0.25) is 5.95 Å². The Hall–Kier alpha value is -1.81. The van der Waals surface area contributed by atoms with Crippen molar-refractivity contribution in [2.45, 2.75) is 13.8 Å². The van der Waals surface area contributed by atoms with Crippen molar-refractivity contribution in [1.29, 1.82) is 0 Å². The third kappa shape index (κ3) is 2.85. The number of aryl methyl sites for hydroxylation is 2. The molecule has 0 aliphatic heterocycles. The molecule has 0 unspecified atom stereocenters. The second-order valence-electron chi connectivity index (χ2n) is 3.85. The van der Waals surface area contributed by atoms with Crippen molar-refractivity contribution in [3.63, 3.8) is 0 Å². The molecule has 88 valence electrons. The molecule has 4 nitrogen and oxygen atoms in total. The Morgan fingerprint density at radius 2 is 1.94 bits per heavy atom. The van der Waals surface area contributed by atoms with Crippen LogP contribution in [0.5, 0.6) is 0 Å². The van der Waals surface area contributed by atoms with Crippen LogP contribution < -0.4 is 11.1 Å². The van der Waals surface area contributed by atoms with E-state index in [0.717, 1.165) is 16.9 Å². The number of anilines is 3. The van der Waals surface area contributed by atoms with E-state index >= 15 is 0 Å². The molecule has 0 fully saturated rings. The lowest BCUT2D eigenvalue weighted by molar-refractivity contribution is 1.11. The van der Waals surface area contributed by atoms with Crippen molar-refractivity contribution in [2.75, 3.05) is 11.1 Å². The van der Waals surface area contributed by atoms with Crippen LogP contribution in [0.2, 0.25) is 5.02 Å². The number of rotatable bonds is 2. The van der Waals surface area contributed by atoms with Crippen molar-refractivity contribution in [3.05, 3.63) is 40.5 Å². The lowest BCUT2D eigenvalue weighted by Crippen LogP contribution is -2.01. The predicted octanol–water partition coefficient (Wildman–Crippen LogP) is 3.07. The molecule has 0 saturated heterocycles. The zero-order valence-corrected chi connectivity index (χ0v) is 10.4. The fourth-order valence-corrected chi connectivity index (χ4v) is 1.63. The number of nitrogens with one attached hydrogen (secondary N) is 1. The van der Waals surface area contributed by atoms with Crippen LogP contribution in [0, 0.1) is 13.8 Å². The van der Waals surface area contributed by atoms with Gasteiger partial charge in [-0.2, -0.15) is 4.98 Å².